The van der Waals surface area contributed by atoms with Gasteiger partial charge in [0.05, 0.1) is 11.6 Å². The topological polar surface area (TPSA) is 64.4 Å². The SMILES string of the molecule is CCc1ccccc1N1CC(C(=O)OCc2ccc(-n3cccn3)cc2)CC1=O. The van der Waals surface area contributed by atoms with E-state index in [4.69, 9.17) is 4.74 Å². The molecular formula is C23H23N3O3. The molecule has 2 aromatic carbocycles. The lowest BCUT2D eigenvalue weighted by Gasteiger charge is -2.19. The number of esters is 1. The molecule has 3 aromatic rings. The first kappa shape index (κ1) is 18.9. The fourth-order valence-corrected chi connectivity index (χ4v) is 3.61. The molecular weight excluding hydrogens is 366 g/mol. The molecule has 0 saturated carbocycles. The van der Waals surface area contributed by atoms with Crippen LogP contribution in [0.15, 0.2) is 67.0 Å². The molecule has 1 atom stereocenters. The van der Waals surface area contributed by atoms with E-state index in [0.717, 1.165) is 28.9 Å². The van der Waals surface area contributed by atoms with Gasteiger partial charge in [0.25, 0.3) is 0 Å². The Morgan fingerprint density at radius 2 is 1.93 bits per heavy atom. The molecule has 148 valence electrons. The molecule has 0 bridgehead atoms. The highest BCUT2D eigenvalue weighted by molar-refractivity contribution is 6.00. The first-order valence-corrected chi connectivity index (χ1v) is 9.79. The highest BCUT2D eigenvalue weighted by Gasteiger charge is 2.36. The van der Waals surface area contributed by atoms with Crippen LogP contribution in [0.1, 0.15) is 24.5 Å². The van der Waals surface area contributed by atoms with Crippen molar-refractivity contribution in [3.63, 3.8) is 0 Å². The first-order chi connectivity index (χ1) is 14.2. The Labute approximate surface area is 169 Å². The molecule has 6 nitrogen and oxygen atoms in total. The molecule has 29 heavy (non-hydrogen) atoms. The van der Waals surface area contributed by atoms with E-state index in [1.54, 1.807) is 15.8 Å². The summed E-state index contributed by atoms with van der Waals surface area (Å²) in [6, 6.07) is 17.4. The number of anilines is 1. The Kier molecular flexibility index (Phi) is 5.42. The third-order valence-corrected chi connectivity index (χ3v) is 5.21. The van der Waals surface area contributed by atoms with Gasteiger partial charge in [-0.15, -0.1) is 0 Å². The van der Waals surface area contributed by atoms with E-state index in [1.165, 1.54) is 0 Å². The summed E-state index contributed by atoms with van der Waals surface area (Å²) in [7, 11) is 0. The van der Waals surface area contributed by atoms with Crippen LogP contribution in [0, 0.1) is 5.92 Å². The van der Waals surface area contributed by atoms with Crippen molar-refractivity contribution in [3.05, 3.63) is 78.1 Å². The van der Waals surface area contributed by atoms with Crippen LogP contribution in [0.3, 0.4) is 0 Å². The highest BCUT2D eigenvalue weighted by atomic mass is 16.5. The summed E-state index contributed by atoms with van der Waals surface area (Å²) in [5.74, 6) is -0.793. The number of ether oxygens (including phenoxy) is 1. The summed E-state index contributed by atoms with van der Waals surface area (Å²) in [4.78, 5) is 26.7. The molecule has 1 amide bonds. The van der Waals surface area contributed by atoms with Crippen LogP contribution in [0.25, 0.3) is 5.69 Å². The van der Waals surface area contributed by atoms with E-state index in [0.29, 0.717) is 6.54 Å². The second-order valence-corrected chi connectivity index (χ2v) is 7.11. The second-order valence-electron chi connectivity index (χ2n) is 7.11. The van der Waals surface area contributed by atoms with Crippen molar-refractivity contribution in [3.8, 4) is 5.69 Å². The summed E-state index contributed by atoms with van der Waals surface area (Å²) in [5, 5.41) is 4.19. The minimum atomic E-state index is -0.434. The van der Waals surface area contributed by atoms with Gasteiger partial charge < -0.3 is 9.64 Å². The number of hydrogen-bond donors (Lipinski definition) is 0. The average Bonchev–Trinajstić information content (AvgIpc) is 3.42. The van der Waals surface area contributed by atoms with Gasteiger partial charge in [0.2, 0.25) is 5.91 Å². The standard InChI is InChI=1S/C23H23N3O3/c1-2-18-6-3-4-7-21(18)25-15-19(14-22(25)27)23(28)29-16-17-8-10-20(11-9-17)26-13-5-12-24-26/h3-13,19H,2,14-16H2,1H3. The van der Waals surface area contributed by atoms with Gasteiger partial charge in [-0.3, -0.25) is 9.59 Å². The zero-order valence-electron chi connectivity index (χ0n) is 16.3. The van der Waals surface area contributed by atoms with Gasteiger partial charge in [0, 0.05) is 31.0 Å². The quantitative estimate of drug-likeness (QED) is 0.605. The van der Waals surface area contributed by atoms with Gasteiger partial charge in [0.15, 0.2) is 0 Å². The summed E-state index contributed by atoms with van der Waals surface area (Å²) in [6.45, 7) is 2.62. The van der Waals surface area contributed by atoms with Crippen molar-refractivity contribution in [1.29, 1.82) is 0 Å². The minimum Gasteiger partial charge on any atom is -0.461 e. The fourth-order valence-electron chi connectivity index (χ4n) is 3.61. The largest absolute Gasteiger partial charge is 0.461 e. The molecule has 1 aliphatic heterocycles. The van der Waals surface area contributed by atoms with Crippen LogP contribution in [0.5, 0.6) is 0 Å². The smallest absolute Gasteiger partial charge is 0.311 e. The Bertz CT molecular complexity index is 996. The number of para-hydroxylation sites is 1. The monoisotopic (exact) mass is 389 g/mol. The van der Waals surface area contributed by atoms with E-state index in [9.17, 15) is 9.59 Å². The molecule has 1 unspecified atom stereocenters. The van der Waals surface area contributed by atoms with Crippen molar-refractivity contribution < 1.29 is 14.3 Å². The summed E-state index contributed by atoms with van der Waals surface area (Å²) in [6.07, 6.45) is 4.62. The maximum atomic E-state index is 12.5. The lowest BCUT2D eigenvalue weighted by Crippen LogP contribution is -2.27. The molecule has 1 aromatic heterocycles. The lowest BCUT2D eigenvalue weighted by molar-refractivity contribution is -0.149. The zero-order valence-corrected chi connectivity index (χ0v) is 16.3. The van der Waals surface area contributed by atoms with Crippen molar-refractivity contribution in [2.45, 2.75) is 26.4 Å². The van der Waals surface area contributed by atoms with Gasteiger partial charge in [-0.05, 0) is 41.8 Å². The van der Waals surface area contributed by atoms with E-state index in [2.05, 4.69) is 12.0 Å². The summed E-state index contributed by atoms with van der Waals surface area (Å²) in [5.41, 5.74) is 3.83. The molecule has 0 radical (unpaired) electrons. The van der Waals surface area contributed by atoms with E-state index >= 15 is 0 Å². The molecule has 0 aliphatic carbocycles. The Hall–Kier alpha value is -3.41. The molecule has 2 heterocycles. The van der Waals surface area contributed by atoms with E-state index in [1.807, 2.05) is 60.8 Å². The number of hydrogen-bond acceptors (Lipinski definition) is 4. The van der Waals surface area contributed by atoms with E-state index in [-0.39, 0.29) is 24.9 Å². The number of amides is 1. The van der Waals surface area contributed by atoms with E-state index < -0.39 is 5.92 Å². The molecule has 0 spiro atoms. The number of nitrogens with zero attached hydrogens (tertiary/aromatic N) is 3. The molecule has 6 heteroatoms. The zero-order chi connectivity index (χ0) is 20.2. The number of carbonyl (C=O) groups excluding carboxylic acids is 2. The first-order valence-electron chi connectivity index (χ1n) is 9.79. The van der Waals surface area contributed by atoms with Crippen LogP contribution in [0.2, 0.25) is 0 Å². The number of aryl methyl sites for hydroxylation is 1. The van der Waals surface area contributed by atoms with Crippen LogP contribution in [0.4, 0.5) is 5.69 Å². The number of rotatable bonds is 6. The highest BCUT2D eigenvalue weighted by Crippen LogP contribution is 2.29. The molecule has 1 saturated heterocycles. The number of carbonyl (C=O) groups is 2. The maximum Gasteiger partial charge on any atom is 0.311 e. The van der Waals surface area contributed by atoms with Crippen molar-refractivity contribution in [2.24, 2.45) is 5.92 Å². The average molecular weight is 389 g/mol. The van der Waals surface area contributed by atoms with Crippen molar-refractivity contribution in [2.75, 3.05) is 11.4 Å². The van der Waals surface area contributed by atoms with Gasteiger partial charge in [-0.1, -0.05) is 37.3 Å². The van der Waals surface area contributed by atoms with Gasteiger partial charge >= 0.3 is 5.97 Å². The number of aromatic nitrogens is 2. The van der Waals surface area contributed by atoms with Crippen LogP contribution >= 0.6 is 0 Å². The fraction of sp³-hybridized carbons (Fsp3) is 0.261. The Morgan fingerprint density at radius 1 is 1.14 bits per heavy atom. The predicted molar refractivity (Wildman–Crippen MR) is 110 cm³/mol. The molecule has 1 fully saturated rings. The number of benzene rings is 2. The molecule has 1 aliphatic rings. The summed E-state index contributed by atoms with van der Waals surface area (Å²) >= 11 is 0. The third-order valence-electron chi connectivity index (χ3n) is 5.21. The molecule has 0 N–H and O–H groups in total. The van der Waals surface area contributed by atoms with Crippen molar-refractivity contribution >= 4 is 17.6 Å². The Morgan fingerprint density at radius 3 is 2.66 bits per heavy atom. The minimum absolute atomic E-state index is 0.0311. The van der Waals surface area contributed by atoms with Gasteiger partial charge in [0.1, 0.15) is 6.61 Å². The van der Waals surface area contributed by atoms with Gasteiger partial charge in [-0.2, -0.15) is 5.10 Å². The van der Waals surface area contributed by atoms with Crippen molar-refractivity contribution in [1.82, 2.24) is 9.78 Å². The maximum absolute atomic E-state index is 12.5. The second kappa shape index (κ2) is 8.31. The van der Waals surface area contributed by atoms with Crippen LogP contribution in [-0.4, -0.2) is 28.2 Å². The normalized spacial score (nSPS) is 16.2. The molecule has 4 rings (SSSR count). The van der Waals surface area contributed by atoms with Gasteiger partial charge in [-0.25, -0.2) is 4.68 Å². The summed E-state index contributed by atoms with van der Waals surface area (Å²) < 4.78 is 7.26. The lowest BCUT2D eigenvalue weighted by atomic mass is 10.1. The van der Waals surface area contributed by atoms with Crippen LogP contribution in [-0.2, 0) is 27.4 Å². The third kappa shape index (κ3) is 4.06. The predicted octanol–water partition coefficient (Wildman–Crippen LogP) is 3.53. The van der Waals surface area contributed by atoms with Crippen LogP contribution < -0.4 is 4.90 Å². The Balaban J connectivity index is 1.36.